The standard InChI is InChI=1S/C19H23N3O3/c1-2-21-13-14-4-3-5-16(12-14)22-18(23)10-11-25-17-8-6-15(7-9-17)19(20)24/h3-9,12,21H,2,10-11,13H2,1H3,(H2,20,24)(H,22,23). The van der Waals surface area contributed by atoms with Gasteiger partial charge in [-0.2, -0.15) is 0 Å². The zero-order chi connectivity index (χ0) is 18.1. The summed E-state index contributed by atoms with van der Waals surface area (Å²) in [7, 11) is 0. The molecule has 0 saturated carbocycles. The van der Waals surface area contributed by atoms with Crippen LogP contribution < -0.4 is 21.1 Å². The van der Waals surface area contributed by atoms with Gasteiger partial charge in [0.25, 0.3) is 0 Å². The zero-order valence-electron chi connectivity index (χ0n) is 14.2. The van der Waals surface area contributed by atoms with E-state index in [2.05, 4.69) is 10.6 Å². The van der Waals surface area contributed by atoms with Gasteiger partial charge >= 0.3 is 0 Å². The van der Waals surface area contributed by atoms with E-state index >= 15 is 0 Å². The predicted octanol–water partition coefficient (Wildman–Crippen LogP) is 2.30. The number of hydrogen-bond donors (Lipinski definition) is 3. The summed E-state index contributed by atoms with van der Waals surface area (Å²) in [6.45, 7) is 3.96. The molecular formula is C19H23N3O3. The summed E-state index contributed by atoms with van der Waals surface area (Å²) in [6.07, 6.45) is 0.231. The number of carbonyl (C=O) groups excluding carboxylic acids is 2. The van der Waals surface area contributed by atoms with E-state index in [4.69, 9.17) is 10.5 Å². The van der Waals surface area contributed by atoms with Crippen molar-refractivity contribution in [1.82, 2.24) is 5.32 Å². The van der Waals surface area contributed by atoms with E-state index in [1.807, 2.05) is 31.2 Å². The molecule has 2 aromatic rings. The first kappa shape index (κ1) is 18.5. The summed E-state index contributed by atoms with van der Waals surface area (Å²) >= 11 is 0. The molecule has 0 atom stereocenters. The molecule has 0 spiro atoms. The van der Waals surface area contributed by atoms with E-state index in [0.29, 0.717) is 11.3 Å². The molecule has 0 fully saturated rings. The SMILES string of the molecule is CCNCc1cccc(NC(=O)CCOc2ccc(C(N)=O)cc2)c1. The number of primary amides is 1. The summed E-state index contributed by atoms with van der Waals surface area (Å²) in [5, 5.41) is 6.11. The van der Waals surface area contributed by atoms with Crippen LogP contribution in [0.15, 0.2) is 48.5 Å². The average molecular weight is 341 g/mol. The van der Waals surface area contributed by atoms with Gasteiger partial charge < -0.3 is 21.1 Å². The zero-order valence-corrected chi connectivity index (χ0v) is 14.2. The van der Waals surface area contributed by atoms with Gasteiger partial charge in [0.15, 0.2) is 0 Å². The smallest absolute Gasteiger partial charge is 0.248 e. The Morgan fingerprint density at radius 1 is 1.12 bits per heavy atom. The highest BCUT2D eigenvalue weighted by Gasteiger charge is 2.05. The van der Waals surface area contributed by atoms with Gasteiger partial charge in [-0.15, -0.1) is 0 Å². The number of hydrogen-bond acceptors (Lipinski definition) is 4. The van der Waals surface area contributed by atoms with Gasteiger partial charge in [-0.05, 0) is 48.5 Å². The van der Waals surface area contributed by atoms with Crippen molar-refractivity contribution >= 4 is 17.5 Å². The average Bonchev–Trinajstić information content (AvgIpc) is 2.60. The number of ether oxygens (including phenoxy) is 1. The second-order valence-corrected chi connectivity index (χ2v) is 5.52. The van der Waals surface area contributed by atoms with Crippen LogP contribution in [0, 0.1) is 0 Å². The van der Waals surface area contributed by atoms with E-state index < -0.39 is 5.91 Å². The summed E-state index contributed by atoms with van der Waals surface area (Å²) in [6, 6.07) is 14.2. The summed E-state index contributed by atoms with van der Waals surface area (Å²) in [4.78, 5) is 23.0. The fourth-order valence-corrected chi connectivity index (χ4v) is 2.23. The summed E-state index contributed by atoms with van der Waals surface area (Å²) in [5.41, 5.74) is 7.48. The minimum atomic E-state index is -0.484. The number of nitrogens with two attached hydrogens (primary N) is 1. The molecule has 0 aliphatic carbocycles. The summed E-state index contributed by atoms with van der Waals surface area (Å²) in [5.74, 6) is -0.0120. The van der Waals surface area contributed by atoms with Crippen LogP contribution in [0.2, 0.25) is 0 Å². The third-order valence-corrected chi connectivity index (χ3v) is 3.53. The molecule has 6 heteroatoms. The highest BCUT2D eigenvalue weighted by Crippen LogP contribution is 2.13. The van der Waals surface area contributed by atoms with Crippen LogP contribution in [0.1, 0.15) is 29.3 Å². The lowest BCUT2D eigenvalue weighted by Crippen LogP contribution is -2.16. The van der Waals surface area contributed by atoms with Crippen molar-refractivity contribution in [2.45, 2.75) is 19.9 Å². The topological polar surface area (TPSA) is 93.4 Å². The number of carbonyl (C=O) groups is 2. The van der Waals surface area contributed by atoms with Gasteiger partial charge in [-0.3, -0.25) is 9.59 Å². The third kappa shape index (κ3) is 6.27. The highest BCUT2D eigenvalue weighted by molar-refractivity contribution is 5.92. The lowest BCUT2D eigenvalue weighted by atomic mass is 10.2. The maximum absolute atomic E-state index is 12.0. The molecule has 0 aliphatic heterocycles. The number of nitrogens with one attached hydrogen (secondary N) is 2. The lowest BCUT2D eigenvalue weighted by Gasteiger charge is -2.09. The van der Waals surface area contributed by atoms with Crippen LogP contribution in [-0.2, 0) is 11.3 Å². The van der Waals surface area contributed by atoms with Gasteiger partial charge in [0.05, 0.1) is 13.0 Å². The molecule has 6 nitrogen and oxygen atoms in total. The fourth-order valence-electron chi connectivity index (χ4n) is 2.23. The van der Waals surface area contributed by atoms with Crippen LogP contribution in [-0.4, -0.2) is 25.0 Å². The molecule has 0 saturated heterocycles. The number of anilines is 1. The lowest BCUT2D eigenvalue weighted by molar-refractivity contribution is -0.116. The molecule has 0 aromatic heterocycles. The van der Waals surface area contributed by atoms with E-state index in [1.54, 1.807) is 24.3 Å². The first-order chi connectivity index (χ1) is 12.1. The Kier molecular flexibility index (Phi) is 6.98. The van der Waals surface area contributed by atoms with Crippen LogP contribution in [0.4, 0.5) is 5.69 Å². The van der Waals surface area contributed by atoms with Crippen LogP contribution >= 0.6 is 0 Å². The normalized spacial score (nSPS) is 10.3. The highest BCUT2D eigenvalue weighted by atomic mass is 16.5. The van der Waals surface area contributed by atoms with Gasteiger partial charge in [0, 0.05) is 17.8 Å². The molecule has 2 rings (SSSR count). The molecule has 25 heavy (non-hydrogen) atoms. The molecule has 4 N–H and O–H groups in total. The molecule has 0 radical (unpaired) electrons. The predicted molar refractivity (Wildman–Crippen MR) is 97.5 cm³/mol. The third-order valence-electron chi connectivity index (χ3n) is 3.53. The molecular weight excluding hydrogens is 318 g/mol. The number of benzene rings is 2. The molecule has 2 aromatic carbocycles. The van der Waals surface area contributed by atoms with Crippen molar-refractivity contribution < 1.29 is 14.3 Å². The van der Waals surface area contributed by atoms with E-state index in [-0.39, 0.29) is 18.9 Å². The first-order valence-electron chi connectivity index (χ1n) is 8.20. The Bertz CT molecular complexity index is 714. The van der Waals surface area contributed by atoms with Crippen molar-refractivity contribution in [3.8, 4) is 5.75 Å². The molecule has 0 aliphatic rings. The minimum absolute atomic E-state index is 0.116. The molecule has 0 unspecified atom stereocenters. The second-order valence-electron chi connectivity index (χ2n) is 5.52. The maximum Gasteiger partial charge on any atom is 0.248 e. The second kappa shape index (κ2) is 9.44. The van der Waals surface area contributed by atoms with Gasteiger partial charge in [0.2, 0.25) is 11.8 Å². The van der Waals surface area contributed by atoms with E-state index in [1.165, 1.54) is 0 Å². The Labute approximate surface area is 147 Å². The Morgan fingerprint density at radius 2 is 1.88 bits per heavy atom. The van der Waals surface area contributed by atoms with Gasteiger partial charge in [-0.25, -0.2) is 0 Å². The van der Waals surface area contributed by atoms with Gasteiger partial charge in [-0.1, -0.05) is 19.1 Å². The minimum Gasteiger partial charge on any atom is -0.493 e. The van der Waals surface area contributed by atoms with Crippen molar-refractivity contribution in [2.24, 2.45) is 5.73 Å². The quantitative estimate of drug-likeness (QED) is 0.652. The largest absolute Gasteiger partial charge is 0.493 e. The monoisotopic (exact) mass is 341 g/mol. The van der Waals surface area contributed by atoms with Crippen molar-refractivity contribution in [3.63, 3.8) is 0 Å². The van der Waals surface area contributed by atoms with E-state index in [0.717, 1.165) is 24.3 Å². The summed E-state index contributed by atoms with van der Waals surface area (Å²) < 4.78 is 5.50. The maximum atomic E-state index is 12.0. The first-order valence-corrected chi connectivity index (χ1v) is 8.20. The molecule has 132 valence electrons. The van der Waals surface area contributed by atoms with Gasteiger partial charge in [0.1, 0.15) is 5.75 Å². The van der Waals surface area contributed by atoms with Crippen molar-refractivity contribution in [1.29, 1.82) is 0 Å². The Morgan fingerprint density at radius 3 is 2.56 bits per heavy atom. The number of amides is 2. The molecule has 2 amide bonds. The Balaban J connectivity index is 1.77. The fraction of sp³-hybridized carbons (Fsp3) is 0.263. The number of rotatable bonds is 9. The van der Waals surface area contributed by atoms with Crippen molar-refractivity contribution in [2.75, 3.05) is 18.5 Å². The van der Waals surface area contributed by atoms with Crippen molar-refractivity contribution in [3.05, 3.63) is 59.7 Å². The van der Waals surface area contributed by atoms with Crippen LogP contribution in [0.3, 0.4) is 0 Å². The van der Waals surface area contributed by atoms with E-state index in [9.17, 15) is 9.59 Å². The molecule has 0 bridgehead atoms. The van der Waals surface area contributed by atoms with Crippen LogP contribution in [0.25, 0.3) is 0 Å². The van der Waals surface area contributed by atoms with Crippen LogP contribution in [0.5, 0.6) is 5.75 Å². The molecule has 0 heterocycles. The Hall–Kier alpha value is -2.86.